The molecule has 4 aromatic carbocycles. The van der Waals surface area contributed by atoms with Crippen molar-refractivity contribution < 1.29 is 24.1 Å². The van der Waals surface area contributed by atoms with Gasteiger partial charge in [0.2, 0.25) is 0 Å². The fraction of sp³-hybridized carbons (Fsp3) is 0.234. The summed E-state index contributed by atoms with van der Waals surface area (Å²) < 4.78 is 24.8. The van der Waals surface area contributed by atoms with Crippen molar-refractivity contribution in [1.82, 2.24) is 14.9 Å². The SMILES string of the molecule is N#Cc1cncc(COc2cc(OCc3cccc(-c4cccc(COc5cc(OCc6cncc(C#N)c6)c(CN6CCCCC6)cc5Cl)c4)c3)c(Cl)cc2CO)c1. The van der Waals surface area contributed by atoms with Gasteiger partial charge in [-0.3, -0.25) is 14.9 Å². The third-order valence-electron chi connectivity index (χ3n) is 9.86. The van der Waals surface area contributed by atoms with Gasteiger partial charge in [0.15, 0.2) is 0 Å². The van der Waals surface area contributed by atoms with E-state index in [0.717, 1.165) is 53.0 Å². The van der Waals surface area contributed by atoms with Crippen LogP contribution in [0.2, 0.25) is 10.0 Å². The van der Waals surface area contributed by atoms with Crippen LogP contribution in [0.25, 0.3) is 11.1 Å². The van der Waals surface area contributed by atoms with Crippen molar-refractivity contribution in [1.29, 1.82) is 10.5 Å². The highest BCUT2D eigenvalue weighted by atomic mass is 35.5. The van der Waals surface area contributed by atoms with Crippen molar-refractivity contribution in [3.8, 4) is 46.3 Å². The van der Waals surface area contributed by atoms with Crippen LogP contribution in [0.4, 0.5) is 0 Å². The van der Waals surface area contributed by atoms with E-state index in [4.69, 9.17) is 42.1 Å². The highest BCUT2D eigenvalue weighted by Gasteiger charge is 2.18. The van der Waals surface area contributed by atoms with Crippen LogP contribution in [-0.4, -0.2) is 33.1 Å². The molecule has 0 bridgehead atoms. The Morgan fingerprint density at radius 1 is 0.559 bits per heavy atom. The number of aliphatic hydroxyl groups is 1. The summed E-state index contributed by atoms with van der Waals surface area (Å²) in [6.45, 7) is 3.41. The lowest BCUT2D eigenvalue weighted by Gasteiger charge is -2.27. The number of halogens is 2. The molecule has 59 heavy (non-hydrogen) atoms. The first kappa shape index (κ1) is 41.0. The van der Waals surface area contributed by atoms with Gasteiger partial charge in [0.25, 0.3) is 0 Å². The topological polar surface area (TPSA) is 134 Å². The van der Waals surface area contributed by atoms with Gasteiger partial charge in [0.1, 0.15) is 61.6 Å². The molecule has 3 heterocycles. The number of nitriles is 2. The Morgan fingerprint density at radius 3 is 1.54 bits per heavy atom. The Hall–Kier alpha value is -6.14. The van der Waals surface area contributed by atoms with E-state index in [-0.39, 0.29) is 33.0 Å². The summed E-state index contributed by atoms with van der Waals surface area (Å²) in [5.41, 5.74) is 7.80. The van der Waals surface area contributed by atoms with E-state index in [2.05, 4.69) is 39.1 Å². The molecule has 0 amide bonds. The molecule has 12 heteroatoms. The number of aromatic nitrogens is 2. The monoisotopic (exact) mass is 825 g/mol. The van der Waals surface area contributed by atoms with Crippen LogP contribution in [0, 0.1) is 22.7 Å². The van der Waals surface area contributed by atoms with E-state index >= 15 is 0 Å². The van der Waals surface area contributed by atoms with E-state index < -0.39 is 0 Å². The summed E-state index contributed by atoms with van der Waals surface area (Å²) in [6, 6.07) is 31.0. The highest BCUT2D eigenvalue weighted by molar-refractivity contribution is 6.32. The van der Waals surface area contributed by atoms with Gasteiger partial charge >= 0.3 is 0 Å². The lowest BCUT2D eigenvalue weighted by atomic mass is 10.0. The number of likely N-dealkylation sites (tertiary alicyclic amines) is 1. The largest absolute Gasteiger partial charge is 0.488 e. The fourth-order valence-electron chi connectivity index (χ4n) is 6.83. The molecule has 298 valence electrons. The van der Waals surface area contributed by atoms with Gasteiger partial charge < -0.3 is 24.1 Å². The molecular weight excluding hydrogens is 785 g/mol. The van der Waals surface area contributed by atoms with Gasteiger partial charge in [-0.05, 0) is 84.6 Å². The van der Waals surface area contributed by atoms with Crippen molar-refractivity contribution in [2.45, 2.75) is 58.8 Å². The number of hydrogen-bond acceptors (Lipinski definition) is 10. The zero-order valence-corrected chi connectivity index (χ0v) is 33.8. The minimum atomic E-state index is -0.274. The molecule has 10 nitrogen and oxygen atoms in total. The summed E-state index contributed by atoms with van der Waals surface area (Å²) >= 11 is 13.4. The first-order valence-electron chi connectivity index (χ1n) is 19.2. The molecule has 0 aliphatic carbocycles. The van der Waals surface area contributed by atoms with Crippen LogP contribution in [0.1, 0.15) is 63.8 Å². The van der Waals surface area contributed by atoms with Crippen LogP contribution in [0.15, 0.2) is 110 Å². The minimum Gasteiger partial charge on any atom is -0.488 e. The number of benzene rings is 4. The zero-order chi connectivity index (χ0) is 41.0. The van der Waals surface area contributed by atoms with Crippen LogP contribution in [-0.2, 0) is 39.6 Å². The standard InChI is InChI=1S/C47H41Cl2N5O5/c48-42-16-40(26-54-10-2-1-3-11-54)44(56-30-36-12-34(20-50)22-52-24-36)18-46(42)58-28-32-6-4-8-38(14-32)39-9-5-7-33(15-39)29-59-47-19-45(41(27-55)17-43(47)49)57-31-37-13-35(21-51)23-53-25-37/h4-9,12-19,22-25,55H,1-3,10-11,26-31H2. The van der Waals surface area contributed by atoms with Crippen LogP contribution in [0.5, 0.6) is 23.0 Å². The number of piperidine rings is 1. The van der Waals surface area contributed by atoms with Gasteiger partial charge in [0, 0.05) is 65.7 Å². The summed E-state index contributed by atoms with van der Waals surface area (Å²) in [7, 11) is 0. The van der Waals surface area contributed by atoms with Gasteiger partial charge in [-0.1, -0.05) is 66.0 Å². The maximum Gasteiger partial charge on any atom is 0.142 e. The van der Waals surface area contributed by atoms with E-state index in [1.807, 2.05) is 48.5 Å². The molecule has 1 aliphatic heterocycles. The van der Waals surface area contributed by atoms with Gasteiger partial charge in [-0.25, -0.2) is 0 Å². The van der Waals surface area contributed by atoms with Crippen molar-refractivity contribution >= 4 is 23.2 Å². The number of ether oxygens (including phenoxy) is 4. The van der Waals surface area contributed by atoms with E-state index in [0.29, 0.717) is 55.3 Å². The number of pyridine rings is 2. The Bertz CT molecular complexity index is 2500. The van der Waals surface area contributed by atoms with E-state index in [1.165, 1.54) is 31.7 Å². The molecule has 6 aromatic rings. The highest BCUT2D eigenvalue weighted by Crippen LogP contribution is 2.36. The maximum absolute atomic E-state index is 9.96. The molecule has 0 radical (unpaired) electrons. The Balaban J connectivity index is 1.02. The summed E-state index contributed by atoms with van der Waals surface area (Å²) in [5, 5.41) is 29.3. The van der Waals surface area contributed by atoms with E-state index in [1.54, 1.807) is 36.7 Å². The predicted molar refractivity (Wildman–Crippen MR) is 225 cm³/mol. The molecule has 0 atom stereocenters. The first-order chi connectivity index (χ1) is 28.9. The molecule has 0 unspecified atom stereocenters. The summed E-state index contributed by atoms with van der Waals surface area (Å²) in [4.78, 5) is 10.7. The first-order valence-corrected chi connectivity index (χ1v) is 20.0. The average Bonchev–Trinajstić information content (AvgIpc) is 3.28. The Labute approximate surface area is 353 Å². The molecule has 1 fully saturated rings. The van der Waals surface area contributed by atoms with Crippen molar-refractivity contribution in [2.24, 2.45) is 0 Å². The van der Waals surface area contributed by atoms with Crippen molar-refractivity contribution in [3.05, 3.63) is 164 Å². The van der Waals surface area contributed by atoms with Gasteiger partial charge in [-0.2, -0.15) is 10.5 Å². The summed E-state index contributed by atoms with van der Waals surface area (Å²) in [5.74, 6) is 2.02. The molecular formula is C47H41Cl2N5O5. The number of rotatable bonds is 16. The van der Waals surface area contributed by atoms with E-state index in [9.17, 15) is 15.6 Å². The van der Waals surface area contributed by atoms with Gasteiger partial charge in [-0.15, -0.1) is 0 Å². The fourth-order valence-corrected chi connectivity index (χ4v) is 7.31. The normalized spacial score (nSPS) is 12.6. The molecule has 0 spiro atoms. The van der Waals surface area contributed by atoms with Crippen LogP contribution < -0.4 is 18.9 Å². The molecule has 2 aromatic heterocycles. The molecule has 7 rings (SSSR count). The minimum absolute atomic E-state index is 0.148. The second-order valence-corrected chi connectivity index (χ2v) is 15.0. The van der Waals surface area contributed by atoms with Gasteiger partial charge in [0.05, 0.1) is 27.8 Å². The van der Waals surface area contributed by atoms with Crippen LogP contribution >= 0.6 is 23.2 Å². The lowest BCUT2D eigenvalue weighted by Crippen LogP contribution is -2.29. The number of hydrogen-bond donors (Lipinski definition) is 1. The molecule has 1 N–H and O–H groups in total. The Kier molecular flexibility index (Phi) is 13.9. The third kappa shape index (κ3) is 11.1. The smallest absolute Gasteiger partial charge is 0.142 e. The predicted octanol–water partition coefficient (Wildman–Crippen LogP) is 9.99. The lowest BCUT2D eigenvalue weighted by molar-refractivity contribution is 0.214. The number of aliphatic hydroxyl groups excluding tert-OH is 1. The molecule has 1 saturated heterocycles. The second kappa shape index (κ2) is 20.0. The van der Waals surface area contributed by atoms with Crippen molar-refractivity contribution in [3.63, 3.8) is 0 Å². The maximum atomic E-state index is 9.96. The van der Waals surface area contributed by atoms with Crippen molar-refractivity contribution in [2.75, 3.05) is 13.1 Å². The third-order valence-corrected chi connectivity index (χ3v) is 10.4. The quantitative estimate of drug-likeness (QED) is 0.101. The molecule has 1 aliphatic rings. The Morgan fingerprint density at radius 2 is 1.03 bits per heavy atom. The number of nitrogens with zero attached hydrogens (tertiary/aromatic N) is 5. The zero-order valence-electron chi connectivity index (χ0n) is 32.2. The molecule has 0 saturated carbocycles. The second-order valence-electron chi connectivity index (χ2n) is 14.2. The van der Waals surface area contributed by atoms with Crippen LogP contribution in [0.3, 0.4) is 0 Å². The summed E-state index contributed by atoms with van der Waals surface area (Å²) in [6.07, 6.45) is 9.92. The average molecular weight is 827 g/mol.